The smallest absolute Gasteiger partial charge is 0.0703 e. The van der Waals surface area contributed by atoms with Gasteiger partial charge in [-0.15, -0.1) is 0 Å². The van der Waals surface area contributed by atoms with Gasteiger partial charge in [0.25, 0.3) is 0 Å². The molecule has 0 aliphatic rings. The highest BCUT2D eigenvalue weighted by Crippen LogP contribution is 2.17. The fraction of sp³-hybridized carbons (Fsp3) is 0. The van der Waals surface area contributed by atoms with Crippen molar-refractivity contribution >= 4 is 5.69 Å². The van der Waals surface area contributed by atoms with Crippen molar-refractivity contribution in [1.82, 2.24) is 4.98 Å². The van der Waals surface area contributed by atoms with Crippen molar-refractivity contribution in [2.75, 3.05) is 5.48 Å². The van der Waals surface area contributed by atoms with Gasteiger partial charge in [0.15, 0.2) is 0 Å². The highest BCUT2D eigenvalue weighted by molar-refractivity contribution is 5.60. The minimum absolute atomic E-state index is 0.477. The molecule has 2 aromatic rings. The van der Waals surface area contributed by atoms with Gasteiger partial charge in [0, 0.05) is 17.4 Å². The Morgan fingerprint density at radius 2 is 1.79 bits per heavy atom. The first-order chi connectivity index (χ1) is 6.90. The zero-order chi connectivity index (χ0) is 9.80. The average Bonchev–Trinajstić information content (AvgIpc) is 2.30. The van der Waals surface area contributed by atoms with Crippen LogP contribution in [-0.4, -0.2) is 4.98 Å². The Bertz CT molecular complexity index is 397. The molecule has 1 N–H and O–H groups in total. The lowest BCUT2D eigenvalue weighted by Gasteiger charge is -2.08. The number of pyridine rings is 1. The fourth-order valence-electron chi connectivity index (χ4n) is 1.23. The van der Waals surface area contributed by atoms with Crippen LogP contribution in [0.15, 0.2) is 48.7 Å². The van der Waals surface area contributed by atoms with Crippen LogP contribution in [0.2, 0.25) is 0 Å². The Morgan fingerprint density at radius 1 is 1.00 bits per heavy atom. The predicted molar refractivity (Wildman–Crippen MR) is 56.7 cm³/mol. The standard InChI is InChI=1S/C11H9N2O/c14-13-10-6-7-11(12-8-10)9-4-2-1-3-5-9/h1-8,13H/q-1. The molecule has 2 rings (SSSR count). The lowest BCUT2D eigenvalue weighted by Crippen LogP contribution is -1.87. The summed E-state index contributed by atoms with van der Waals surface area (Å²) < 4.78 is 0. The van der Waals surface area contributed by atoms with E-state index < -0.39 is 0 Å². The van der Waals surface area contributed by atoms with Crippen molar-refractivity contribution in [3.63, 3.8) is 0 Å². The van der Waals surface area contributed by atoms with E-state index in [0.29, 0.717) is 5.69 Å². The SMILES string of the molecule is [O-]Nc1ccc(-c2ccccc2)nc1. The topological polar surface area (TPSA) is 48.0 Å². The van der Waals surface area contributed by atoms with Gasteiger partial charge < -0.3 is 10.7 Å². The van der Waals surface area contributed by atoms with Crippen LogP contribution in [0, 0.1) is 5.21 Å². The van der Waals surface area contributed by atoms with Gasteiger partial charge in [-0.25, -0.2) is 0 Å². The number of rotatable bonds is 2. The first-order valence-corrected chi connectivity index (χ1v) is 4.30. The summed E-state index contributed by atoms with van der Waals surface area (Å²) in [5, 5.41) is 10.3. The highest BCUT2D eigenvalue weighted by Gasteiger charge is 1.96. The number of benzene rings is 1. The summed E-state index contributed by atoms with van der Waals surface area (Å²) in [4.78, 5) is 4.16. The zero-order valence-corrected chi connectivity index (χ0v) is 7.47. The van der Waals surface area contributed by atoms with Gasteiger partial charge in [-0.2, -0.15) is 0 Å². The third kappa shape index (κ3) is 1.72. The number of nitrogens with one attached hydrogen (secondary N) is 1. The third-order valence-corrected chi connectivity index (χ3v) is 1.95. The van der Waals surface area contributed by atoms with Crippen molar-refractivity contribution in [2.24, 2.45) is 0 Å². The summed E-state index contributed by atoms with van der Waals surface area (Å²) in [5.41, 5.74) is 4.18. The van der Waals surface area contributed by atoms with Gasteiger partial charge >= 0.3 is 0 Å². The van der Waals surface area contributed by atoms with E-state index in [2.05, 4.69) is 4.98 Å². The molecule has 0 fully saturated rings. The van der Waals surface area contributed by atoms with Gasteiger partial charge in [0.2, 0.25) is 0 Å². The van der Waals surface area contributed by atoms with E-state index in [4.69, 9.17) is 0 Å². The minimum Gasteiger partial charge on any atom is -0.761 e. The van der Waals surface area contributed by atoms with Gasteiger partial charge in [-0.05, 0) is 12.1 Å². The molecule has 14 heavy (non-hydrogen) atoms. The predicted octanol–water partition coefficient (Wildman–Crippen LogP) is 2.66. The number of hydrogen-bond donors (Lipinski definition) is 1. The zero-order valence-electron chi connectivity index (χ0n) is 7.47. The van der Waals surface area contributed by atoms with E-state index in [1.165, 1.54) is 6.20 Å². The maximum absolute atomic E-state index is 10.3. The molecular weight excluding hydrogens is 176 g/mol. The van der Waals surface area contributed by atoms with Crippen LogP contribution in [0.1, 0.15) is 0 Å². The number of anilines is 1. The Hall–Kier alpha value is -1.87. The monoisotopic (exact) mass is 185 g/mol. The summed E-state index contributed by atoms with van der Waals surface area (Å²) in [7, 11) is 0. The van der Waals surface area contributed by atoms with E-state index in [9.17, 15) is 5.21 Å². The lowest BCUT2D eigenvalue weighted by atomic mass is 10.1. The molecule has 0 aliphatic carbocycles. The molecule has 0 radical (unpaired) electrons. The van der Waals surface area contributed by atoms with Crippen LogP contribution in [0.5, 0.6) is 0 Å². The molecule has 70 valence electrons. The summed E-state index contributed by atoms with van der Waals surface area (Å²) in [6.45, 7) is 0. The molecule has 3 nitrogen and oxygen atoms in total. The average molecular weight is 185 g/mol. The summed E-state index contributed by atoms with van der Waals surface area (Å²) >= 11 is 0. The highest BCUT2D eigenvalue weighted by atomic mass is 16.5. The summed E-state index contributed by atoms with van der Waals surface area (Å²) in [6, 6.07) is 13.3. The second kappa shape index (κ2) is 3.89. The van der Waals surface area contributed by atoms with Gasteiger partial charge in [0.05, 0.1) is 5.69 Å². The van der Waals surface area contributed by atoms with Gasteiger partial charge in [-0.3, -0.25) is 4.98 Å². The summed E-state index contributed by atoms with van der Waals surface area (Å²) in [5.74, 6) is 0. The second-order valence-electron chi connectivity index (χ2n) is 2.90. The van der Waals surface area contributed by atoms with Crippen LogP contribution >= 0.6 is 0 Å². The number of hydrogen-bond acceptors (Lipinski definition) is 3. The molecule has 0 aliphatic heterocycles. The van der Waals surface area contributed by atoms with Gasteiger partial charge in [0.1, 0.15) is 0 Å². The Balaban J connectivity index is 2.34. The van der Waals surface area contributed by atoms with E-state index in [1.807, 2.05) is 36.4 Å². The first-order valence-electron chi connectivity index (χ1n) is 4.30. The molecule has 1 aromatic heterocycles. The van der Waals surface area contributed by atoms with Crippen molar-refractivity contribution in [3.05, 3.63) is 53.9 Å². The van der Waals surface area contributed by atoms with E-state index >= 15 is 0 Å². The van der Waals surface area contributed by atoms with E-state index in [1.54, 1.807) is 11.5 Å². The number of aromatic nitrogens is 1. The summed E-state index contributed by atoms with van der Waals surface area (Å²) in [6.07, 6.45) is 1.52. The number of nitrogens with zero attached hydrogens (tertiary/aromatic N) is 1. The molecule has 3 heteroatoms. The molecular formula is C11H9N2O-. The molecule has 0 bridgehead atoms. The Morgan fingerprint density at radius 3 is 2.36 bits per heavy atom. The molecule has 1 aromatic carbocycles. The second-order valence-corrected chi connectivity index (χ2v) is 2.90. The van der Waals surface area contributed by atoms with Crippen molar-refractivity contribution in [3.8, 4) is 11.3 Å². The maximum Gasteiger partial charge on any atom is 0.0703 e. The van der Waals surface area contributed by atoms with Crippen LogP contribution in [0.4, 0.5) is 5.69 Å². The molecule has 0 atom stereocenters. The van der Waals surface area contributed by atoms with E-state index in [-0.39, 0.29) is 0 Å². The van der Waals surface area contributed by atoms with Gasteiger partial charge in [-0.1, -0.05) is 30.3 Å². The fourth-order valence-corrected chi connectivity index (χ4v) is 1.23. The van der Waals surface area contributed by atoms with Crippen LogP contribution in [0.25, 0.3) is 11.3 Å². The Labute approximate surface area is 82.0 Å². The van der Waals surface area contributed by atoms with E-state index in [0.717, 1.165) is 11.3 Å². The van der Waals surface area contributed by atoms with Crippen molar-refractivity contribution in [2.45, 2.75) is 0 Å². The molecule has 0 amide bonds. The third-order valence-electron chi connectivity index (χ3n) is 1.95. The quantitative estimate of drug-likeness (QED) is 0.731. The molecule has 0 spiro atoms. The van der Waals surface area contributed by atoms with Crippen molar-refractivity contribution < 1.29 is 0 Å². The molecule has 1 heterocycles. The van der Waals surface area contributed by atoms with Crippen molar-refractivity contribution in [1.29, 1.82) is 0 Å². The lowest BCUT2D eigenvalue weighted by molar-refractivity contribution is 1.32. The molecule has 0 saturated carbocycles. The minimum atomic E-state index is 0.477. The Kier molecular flexibility index (Phi) is 2.42. The van der Waals surface area contributed by atoms with Crippen LogP contribution in [-0.2, 0) is 0 Å². The van der Waals surface area contributed by atoms with Crippen LogP contribution in [0.3, 0.4) is 0 Å². The first kappa shape index (κ1) is 8.72. The van der Waals surface area contributed by atoms with Crippen LogP contribution < -0.4 is 5.48 Å². The molecule has 0 saturated heterocycles. The normalized spacial score (nSPS) is 9.79. The largest absolute Gasteiger partial charge is 0.761 e. The maximum atomic E-state index is 10.3. The molecule has 0 unspecified atom stereocenters.